The number of ether oxygens (including phenoxy) is 2. The van der Waals surface area contributed by atoms with Crippen LogP contribution in [0.5, 0.6) is 5.75 Å². The first-order valence-electron chi connectivity index (χ1n) is 11.7. The van der Waals surface area contributed by atoms with E-state index in [0.717, 1.165) is 5.56 Å². The highest BCUT2D eigenvalue weighted by atomic mass is 32.1. The molecule has 1 aromatic carbocycles. The van der Waals surface area contributed by atoms with E-state index in [-0.39, 0.29) is 25.0 Å². The number of carbonyl (C=O) groups excluding carboxylic acids is 4. The van der Waals surface area contributed by atoms with Crippen LogP contribution < -0.4 is 26.4 Å². The standard InChI is InChI=1S/C26H30N4O7S/c1-3-10-28-26(35)37-20-14-16(13-18(22(20)31)29-25(34)21-5-4-11-38-21)24(33)30-19(23(27)32)12-15-6-8-17(36-2)9-7-15/h3-9,11,13,18-20,22,31H,1,10,12,14H2,2H3,(H2,27,32)(H,28,35)(H,29,34)(H,30,33)/t18-,19+,20-,22-/m1/s1. The number of nitrogens with one attached hydrogen (secondary N) is 3. The number of aliphatic hydroxyl groups excluding tert-OH is 1. The Labute approximate surface area is 223 Å². The maximum absolute atomic E-state index is 13.2. The van der Waals surface area contributed by atoms with Crippen LogP contribution in [0.4, 0.5) is 4.79 Å². The molecular weight excluding hydrogens is 512 g/mol. The van der Waals surface area contributed by atoms with Crippen LogP contribution in [0.3, 0.4) is 0 Å². The highest BCUT2D eigenvalue weighted by Gasteiger charge is 2.38. The van der Waals surface area contributed by atoms with E-state index >= 15 is 0 Å². The molecule has 6 N–H and O–H groups in total. The Kier molecular flexibility index (Phi) is 10.0. The smallest absolute Gasteiger partial charge is 0.407 e. The van der Waals surface area contributed by atoms with E-state index in [1.165, 1.54) is 30.6 Å². The molecule has 0 fully saturated rings. The molecule has 0 spiro atoms. The van der Waals surface area contributed by atoms with E-state index in [2.05, 4.69) is 22.5 Å². The van der Waals surface area contributed by atoms with E-state index in [0.29, 0.717) is 10.6 Å². The highest BCUT2D eigenvalue weighted by molar-refractivity contribution is 7.12. The van der Waals surface area contributed by atoms with Gasteiger partial charge in [0.1, 0.15) is 24.0 Å². The third-order valence-electron chi connectivity index (χ3n) is 5.78. The first-order valence-corrected chi connectivity index (χ1v) is 12.6. The number of methoxy groups -OCH3 is 1. The van der Waals surface area contributed by atoms with Gasteiger partial charge >= 0.3 is 6.09 Å². The first kappa shape index (κ1) is 28.4. The molecule has 1 aromatic heterocycles. The number of alkyl carbamates (subject to hydrolysis) is 1. The summed E-state index contributed by atoms with van der Waals surface area (Å²) in [7, 11) is 1.53. The summed E-state index contributed by atoms with van der Waals surface area (Å²) in [5, 5.41) is 20.3. The molecule has 0 bridgehead atoms. The van der Waals surface area contributed by atoms with Crippen LogP contribution in [-0.2, 0) is 20.7 Å². The normalized spacial score (nSPS) is 19.3. The molecule has 3 rings (SSSR count). The summed E-state index contributed by atoms with van der Waals surface area (Å²) in [6.45, 7) is 3.64. The van der Waals surface area contributed by atoms with E-state index in [1.54, 1.807) is 41.8 Å². The fourth-order valence-electron chi connectivity index (χ4n) is 3.79. The number of carbonyl (C=O) groups is 4. The lowest BCUT2D eigenvalue weighted by Crippen LogP contribution is -2.53. The van der Waals surface area contributed by atoms with E-state index in [4.69, 9.17) is 15.2 Å². The Morgan fingerprint density at radius 2 is 1.95 bits per heavy atom. The zero-order valence-corrected chi connectivity index (χ0v) is 21.5. The number of hydrogen-bond acceptors (Lipinski definition) is 8. The Hall–Kier alpha value is -4.16. The second-order valence-corrected chi connectivity index (χ2v) is 9.40. The van der Waals surface area contributed by atoms with Crippen molar-refractivity contribution in [1.82, 2.24) is 16.0 Å². The van der Waals surface area contributed by atoms with Gasteiger partial charge in [0, 0.05) is 25.0 Å². The molecule has 0 radical (unpaired) electrons. The molecule has 4 atom stereocenters. The minimum absolute atomic E-state index is 0.106. The van der Waals surface area contributed by atoms with Crippen molar-refractivity contribution in [2.24, 2.45) is 5.73 Å². The number of amides is 4. The van der Waals surface area contributed by atoms with Crippen LogP contribution in [0, 0.1) is 0 Å². The van der Waals surface area contributed by atoms with Crippen LogP contribution in [0.2, 0.25) is 0 Å². The van der Waals surface area contributed by atoms with Gasteiger partial charge < -0.3 is 36.3 Å². The highest BCUT2D eigenvalue weighted by Crippen LogP contribution is 2.24. The van der Waals surface area contributed by atoms with Gasteiger partial charge in [0.25, 0.3) is 5.91 Å². The molecule has 2 aromatic rings. The Balaban J connectivity index is 1.79. The van der Waals surface area contributed by atoms with E-state index in [1.807, 2.05) is 0 Å². The monoisotopic (exact) mass is 542 g/mol. The predicted molar refractivity (Wildman–Crippen MR) is 141 cm³/mol. The molecule has 38 heavy (non-hydrogen) atoms. The number of rotatable bonds is 11. The summed E-state index contributed by atoms with van der Waals surface area (Å²) in [5.74, 6) is -1.22. The zero-order chi connectivity index (χ0) is 27.7. The van der Waals surface area contributed by atoms with Crippen molar-refractivity contribution < 1.29 is 33.8 Å². The Morgan fingerprint density at radius 1 is 1.21 bits per heavy atom. The summed E-state index contributed by atoms with van der Waals surface area (Å²) in [6, 6.07) is 8.16. The van der Waals surface area contributed by atoms with Gasteiger partial charge in [0.15, 0.2) is 0 Å². The van der Waals surface area contributed by atoms with Crippen molar-refractivity contribution in [1.29, 1.82) is 0 Å². The molecule has 12 heteroatoms. The van der Waals surface area contributed by atoms with Crippen LogP contribution in [0.1, 0.15) is 21.7 Å². The maximum Gasteiger partial charge on any atom is 0.407 e. The van der Waals surface area contributed by atoms with Gasteiger partial charge in [-0.1, -0.05) is 30.4 Å². The Morgan fingerprint density at radius 3 is 2.55 bits per heavy atom. The SMILES string of the molecule is C=CCNC(=O)O[C@@H]1CC(C(=O)N[C@@H](Cc2ccc(OC)cc2)C(N)=O)=C[C@@H](NC(=O)c2cccs2)[C@H]1O. The fourth-order valence-corrected chi connectivity index (χ4v) is 4.42. The molecule has 1 aliphatic rings. The number of aliphatic hydroxyl groups is 1. The molecule has 11 nitrogen and oxygen atoms in total. The second-order valence-electron chi connectivity index (χ2n) is 8.46. The lowest BCUT2D eigenvalue weighted by atomic mass is 9.89. The molecule has 1 heterocycles. The van der Waals surface area contributed by atoms with E-state index < -0.39 is 48.1 Å². The number of nitrogens with two attached hydrogens (primary N) is 1. The zero-order valence-electron chi connectivity index (χ0n) is 20.7. The van der Waals surface area contributed by atoms with Crippen molar-refractivity contribution >= 4 is 35.2 Å². The van der Waals surface area contributed by atoms with Gasteiger partial charge in [0.05, 0.1) is 18.0 Å². The van der Waals surface area contributed by atoms with Gasteiger partial charge in [-0.2, -0.15) is 0 Å². The van der Waals surface area contributed by atoms with Crippen LogP contribution in [-0.4, -0.2) is 66.9 Å². The van der Waals surface area contributed by atoms with Crippen molar-refractivity contribution in [3.63, 3.8) is 0 Å². The van der Waals surface area contributed by atoms with Crippen LogP contribution in [0.15, 0.2) is 66.1 Å². The maximum atomic E-state index is 13.2. The van der Waals surface area contributed by atoms with Gasteiger partial charge in [-0.3, -0.25) is 14.4 Å². The summed E-state index contributed by atoms with van der Waals surface area (Å²) >= 11 is 1.21. The fraction of sp³-hybridized carbons (Fsp3) is 0.308. The average molecular weight is 543 g/mol. The van der Waals surface area contributed by atoms with E-state index in [9.17, 15) is 24.3 Å². The molecule has 0 saturated carbocycles. The summed E-state index contributed by atoms with van der Waals surface area (Å²) in [4.78, 5) is 50.5. The van der Waals surface area contributed by atoms with Crippen molar-refractivity contribution in [3.05, 3.63) is 76.5 Å². The van der Waals surface area contributed by atoms with Crippen molar-refractivity contribution in [2.45, 2.75) is 37.1 Å². The molecule has 0 unspecified atom stereocenters. The molecule has 0 saturated heterocycles. The van der Waals surface area contributed by atoms with Crippen LogP contribution in [0.25, 0.3) is 0 Å². The van der Waals surface area contributed by atoms with Gasteiger partial charge in [-0.25, -0.2) is 4.79 Å². The van der Waals surface area contributed by atoms with Gasteiger partial charge in [-0.05, 0) is 29.1 Å². The minimum Gasteiger partial charge on any atom is -0.497 e. The van der Waals surface area contributed by atoms with Crippen molar-refractivity contribution in [2.75, 3.05) is 13.7 Å². The quantitative estimate of drug-likeness (QED) is 0.264. The summed E-state index contributed by atoms with van der Waals surface area (Å²) in [5.41, 5.74) is 6.39. The Bertz CT molecular complexity index is 1180. The van der Waals surface area contributed by atoms with Crippen LogP contribution >= 0.6 is 11.3 Å². The number of benzene rings is 1. The topological polar surface area (TPSA) is 169 Å². The molecule has 0 aliphatic heterocycles. The third kappa shape index (κ3) is 7.67. The summed E-state index contributed by atoms with van der Waals surface area (Å²) in [6.07, 6.45) is -0.512. The van der Waals surface area contributed by atoms with Gasteiger partial charge in [-0.15, -0.1) is 17.9 Å². The van der Waals surface area contributed by atoms with Crippen molar-refractivity contribution in [3.8, 4) is 5.75 Å². The number of primary amides is 1. The predicted octanol–water partition coefficient (Wildman–Crippen LogP) is 1.04. The third-order valence-corrected chi connectivity index (χ3v) is 6.65. The average Bonchev–Trinajstić information content (AvgIpc) is 3.45. The lowest BCUT2D eigenvalue weighted by molar-refractivity contribution is -0.125. The largest absolute Gasteiger partial charge is 0.497 e. The second kappa shape index (κ2) is 13.4. The van der Waals surface area contributed by atoms with Gasteiger partial charge in [0.2, 0.25) is 11.8 Å². The first-order chi connectivity index (χ1) is 18.2. The lowest BCUT2D eigenvalue weighted by Gasteiger charge is -2.33. The number of thiophene rings is 1. The summed E-state index contributed by atoms with van der Waals surface area (Å²) < 4.78 is 10.5. The molecule has 1 aliphatic carbocycles. The minimum atomic E-state index is -1.34. The molecule has 4 amide bonds. The molecular formula is C26H30N4O7S. The number of hydrogen-bond donors (Lipinski definition) is 5. The molecule has 202 valence electrons.